The molecule has 0 saturated carbocycles. The van der Waals surface area contributed by atoms with Crippen LogP contribution in [-0.4, -0.2) is 0 Å². The van der Waals surface area contributed by atoms with Crippen LogP contribution in [0.2, 0.25) is 0 Å². The van der Waals surface area contributed by atoms with E-state index >= 15 is 0 Å². The van der Waals surface area contributed by atoms with Crippen molar-refractivity contribution < 1.29 is 4.74 Å². The van der Waals surface area contributed by atoms with E-state index in [1.807, 2.05) is 18.2 Å². The van der Waals surface area contributed by atoms with Gasteiger partial charge in [-0.2, -0.15) is 0 Å². The van der Waals surface area contributed by atoms with Crippen LogP contribution in [0.5, 0.6) is 5.75 Å². The number of benzene rings is 3. The van der Waals surface area contributed by atoms with Gasteiger partial charge in [-0.3, -0.25) is 0 Å². The number of hydrogen-bond donors (Lipinski definition) is 1. The molecular formula is C23H25NO. The average Bonchev–Trinajstić information content (AvgIpc) is 2.67. The molecule has 0 unspecified atom stereocenters. The third-order valence-corrected chi connectivity index (χ3v) is 4.52. The Bertz CT molecular complexity index is 798. The van der Waals surface area contributed by atoms with E-state index in [1.165, 1.54) is 22.3 Å². The minimum Gasteiger partial charge on any atom is -0.489 e. The summed E-state index contributed by atoms with van der Waals surface area (Å²) in [4.78, 5) is 0. The van der Waals surface area contributed by atoms with Crippen LogP contribution in [0.15, 0.2) is 78.9 Å². The summed E-state index contributed by atoms with van der Waals surface area (Å²) < 4.78 is 6.10. The van der Waals surface area contributed by atoms with Gasteiger partial charge in [-0.25, -0.2) is 0 Å². The van der Waals surface area contributed by atoms with Gasteiger partial charge in [-0.05, 0) is 36.6 Å². The molecule has 25 heavy (non-hydrogen) atoms. The second-order valence-electron chi connectivity index (χ2n) is 6.34. The van der Waals surface area contributed by atoms with E-state index in [0.29, 0.717) is 12.6 Å². The number of rotatable bonds is 7. The summed E-state index contributed by atoms with van der Waals surface area (Å²) in [5.74, 6) is 0.943. The monoisotopic (exact) mass is 331 g/mol. The second kappa shape index (κ2) is 8.50. The molecule has 3 aromatic rings. The molecule has 0 aliphatic carbocycles. The van der Waals surface area contributed by atoms with Crippen molar-refractivity contribution in [3.8, 4) is 5.75 Å². The normalized spacial score (nSPS) is 11.9. The van der Waals surface area contributed by atoms with E-state index in [-0.39, 0.29) is 0 Å². The third-order valence-electron chi connectivity index (χ3n) is 4.52. The van der Waals surface area contributed by atoms with E-state index in [2.05, 4.69) is 79.8 Å². The van der Waals surface area contributed by atoms with Crippen LogP contribution in [-0.2, 0) is 13.2 Å². The largest absolute Gasteiger partial charge is 0.489 e. The average molecular weight is 331 g/mol. The van der Waals surface area contributed by atoms with Gasteiger partial charge < -0.3 is 10.1 Å². The summed E-state index contributed by atoms with van der Waals surface area (Å²) in [6, 6.07) is 27.4. The molecule has 0 aliphatic rings. The van der Waals surface area contributed by atoms with Crippen molar-refractivity contribution in [2.75, 3.05) is 0 Å². The van der Waals surface area contributed by atoms with Crippen LogP contribution >= 0.6 is 0 Å². The summed E-state index contributed by atoms with van der Waals surface area (Å²) in [5.41, 5.74) is 4.96. The lowest BCUT2D eigenvalue weighted by Gasteiger charge is -2.17. The zero-order valence-corrected chi connectivity index (χ0v) is 14.9. The quantitative estimate of drug-likeness (QED) is 0.624. The maximum absolute atomic E-state index is 6.10. The summed E-state index contributed by atoms with van der Waals surface area (Å²) in [7, 11) is 0. The predicted molar refractivity (Wildman–Crippen MR) is 104 cm³/mol. The standard InChI is InChI=1S/C23H25NO/c1-18-10-6-7-14-22(18)17-25-23-15-9-8-13-21(23)16-24-19(2)20-11-4-3-5-12-20/h3-15,19,24H,16-17H2,1-2H3/t19-/m1/s1. The molecule has 0 spiro atoms. The van der Waals surface area contributed by atoms with Crippen molar-refractivity contribution in [3.63, 3.8) is 0 Å². The number of para-hydroxylation sites is 1. The van der Waals surface area contributed by atoms with Crippen LogP contribution in [0.4, 0.5) is 0 Å². The van der Waals surface area contributed by atoms with Crippen LogP contribution < -0.4 is 10.1 Å². The number of hydrogen-bond acceptors (Lipinski definition) is 2. The van der Waals surface area contributed by atoms with Crippen molar-refractivity contribution >= 4 is 0 Å². The van der Waals surface area contributed by atoms with Gasteiger partial charge in [0.25, 0.3) is 0 Å². The molecule has 0 aliphatic heterocycles. The molecule has 3 rings (SSSR count). The molecule has 0 amide bonds. The van der Waals surface area contributed by atoms with Crippen molar-refractivity contribution in [1.29, 1.82) is 0 Å². The molecule has 0 heterocycles. The molecule has 1 N–H and O–H groups in total. The maximum atomic E-state index is 6.10. The van der Waals surface area contributed by atoms with E-state index in [1.54, 1.807) is 0 Å². The molecule has 128 valence electrons. The van der Waals surface area contributed by atoms with E-state index in [0.717, 1.165) is 12.3 Å². The van der Waals surface area contributed by atoms with Gasteiger partial charge in [0.05, 0.1) is 0 Å². The highest BCUT2D eigenvalue weighted by Crippen LogP contribution is 2.21. The second-order valence-corrected chi connectivity index (χ2v) is 6.34. The Balaban J connectivity index is 1.64. The molecule has 0 saturated heterocycles. The first kappa shape index (κ1) is 17.2. The van der Waals surface area contributed by atoms with Crippen molar-refractivity contribution in [2.45, 2.75) is 33.0 Å². The summed E-state index contributed by atoms with van der Waals surface area (Å²) in [6.45, 7) is 5.68. The fourth-order valence-electron chi connectivity index (χ4n) is 2.84. The van der Waals surface area contributed by atoms with E-state index in [4.69, 9.17) is 4.74 Å². The molecule has 2 nitrogen and oxygen atoms in total. The minimum absolute atomic E-state index is 0.297. The molecule has 2 heteroatoms. The van der Waals surface area contributed by atoms with Crippen LogP contribution in [0.3, 0.4) is 0 Å². The highest BCUT2D eigenvalue weighted by Gasteiger charge is 2.08. The first-order valence-corrected chi connectivity index (χ1v) is 8.77. The van der Waals surface area contributed by atoms with Gasteiger partial charge >= 0.3 is 0 Å². The smallest absolute Gasteiger partial charge is 0.124 e. The van der Waals surface area contributed by atoms with Crippen molar-refractivity contribution in [2.24, 2.45) is 0 Å². The SMILES string of the molecule is Cc1ccccc1COc1ccccc1CN[C@H](C)c1ccccc1. The fraction of sp³-hybridized carbons (Fsp3) is 0.217. The number of nitrogens with one attached hydrogen (secondary N) is 1. The fourth-order valence-corrected chi connectivity index (χ4v) is 2.84. The first-order chi connectivity index (χ1) is 12.2. The Morgan fingerprint density at radius 3 is 2.20 bits per heavy atom. The highest BCUT2D eigenvalue weighted by molar-refractivity contribution is 5.34. The lowest BCUT2D eigenvalue weighted by Crippen LogP contribution is -2.18. The molecule has 0 fully saturated rings. The Morgan fingerprint density at radius 1 is 0.800 bits per heavy atom. The summed E-state index contributed by atoms with van der Waals surface area (Å²) in [6.07, 6.45) is 0. The lowest BCUT2D eigenvalue weighted by atomic mass is 10.1. The minimum atomic E-state index is 0.297. The molecule has 3 aromatic carbocycles. The summed E-state index contributed by atoms with van der Waals surface area (Å²) in [5, 5.41) is 3.59. The lowest BCUT2D eigenvalue weighted by molar-refractivity contribution is 0.301. The van der Waals surface area contributed by atoms with Crippen LogP contribution in [0.1, 0.15) is 35.2 Å². The van der Waals surface area contributed by atoms with Gasteiger partial charge in [0.15, 0.2) is 0 Å². The van der Waals surface area contributed by atoms with Crippen LogP contribution in [0, 0.1) is 6.92 Å². The van der Waals surface area contributed by atoms with E-state index < -0.39 is 0 Å². The Kier molecular flexibility index (Phi) is 5.86. The zero-order valence-electron chi connectivity index (χ0n) is 14.9. The van der Waals surface area contributed by atoms with Crippen LogP contribution in [0.25, 0.3) is 0 Å². The van der Waals surface area contributed by atoms with Gasteiger partial charge in [0, 0.05) is 18.2 Å². The Labute approximate surface area is 150 Å². The predicted octanol–water partition coefficient (Wildman–Crippen LogP) is 5.42. The molecular weight excluding hydrogens is 306 g/mol. The Morgan fingerprint density at radius 2 is 1.44 bits per heavy atom. The highest BCUT2D eigenvalue weighted by atomic mass is 16.5. The third kappa shape index (κ3) is 4.71. The van der Waals surface area contributed by atoms with Gasteiger partial charge in [-0.1, -0.05) is 72.8 Å². The molecule has 1 atom stereocenters. The zero-order chi connectivity index (χ0) is 17.5. The Hall–Kier alpha value is -2.58. The number of ether oxygens (including phenoxy) is 1. The topological polar surface area (TPSA) is 21.3 Å². The molecule has 0 bridgehead atoms. The van der Waals surface area contributed by atoms with Gasteiger partial charge in [0.2, 0.25) is 0 Å². The van der Waals surface area contributed by atoms with Crippen molar-refractivity contribution in [1.82, 2.24) is 5.32 Å². The van der Waals surface area contributed by atoms with Gasteiger partial charge in [-0.15, -0.1) is 0 Å². The molecule has 0 aromatic heterocycles. The molecule has 0 radical (unpaired) electrons. The maximum Gasteiger partial charge on any atom is 0.124 e. The number of aryl methyl sites for hydroxylation is 1. The van der Waals surface area contributed by atoms with Crippen molar-refractivity contribution in [3.05, 3.63) is 101 Å². The van der Waals surface area contributed by atoms with Gasteiger partial charge in [0.1, 0.15) is 12.4 Å². The summed E-state index contributed by atoms with van der Waals surface area (Å²) >= 11 is 0. The van der Waals surface area contributed by atoms with E-state index in [9.17, 15) is 0 Å². The first-order valence-electron chi connectivity index (χ1n) is 8.77.